The summed E-state index contributed by atoms with van der Waals surface area (Å²) in [4.78, 5) is 4.40. The minimum absolute atomic E-state index is 0.510. The first-order chi connectivity index (χ1) is 7.07. The zero-order valence-electron chi connectivity index (χ0n) is 10.3. The Morgan fingerprint density at radius 3 is 1.80 bits per heavy atom. The molecule has 0 spiro atoms. The molecule has 1 radical (unpaired) electrons. The lowest BCUT2D eigenvalue weighted by Crippen LogP contribution is -1.95. The number of hydrogen-bond donors (Lipinski definition) is 0. The molecule has 0 saturated heterocycles. The highest BCUT2D eigenvalue weighted by molar-refractivity contribution is 5.66. The Bertz CT molecular complexity index is 322. The molecule has 0 aromatic heterocycles. The summed E-state index contributed by atoms with van der Waals surface area (Å²) in [5.74, 6) is 1.02. The fourth-order valence-electron chi connectivity index (χ4n) is 1.75. The molecule has 1 rings (SSSR count). The van der Waals surface area contributed by atoms with Gasteiger partial charge in [-0.1, -0.05) is 45.9 Å². The molecule has 0 aliphatic rings. The Morgan fingerprint density at radius 1 is 1.00 bits per heavy atom. The molecule has 0 amide bonds. The Labute approximate surface area is 93.2 Å². The van der Waals surface area contributed by atoms with E-state index in [1.165, 1.54) is 11.1 Å². The maximum Gasteiger partial charge on any atom is 0.0702 e. The van der Waals surface area contributed by atoms with Crippen molar-refractivity contribution >= 4 is 11.9 Å². The summed E-state index contributed by atoms with van der Waals surface area (Å²) in [6, 6.07) is 6.44. The van der Waals surface area contributed by atoms with Crippen molar-refractivity contribution in [2.45, 2.75) is 46.5 Å². The summed E-state index contributed by atoms with van der Waals surface area (Å²) < 4.78 is 0. The van der Waals surface area contributed by atoms with Crippen LogP contribution in [0.3, 0.4) is 0 Å². The van der Waals surface area contributed by atoms with Crippen molar-refractivity contribution in [3.63, 3.8) is 0 Å². The molecule has 1 aromatic carbocycles. The number of rotatable bonds is 3. The molecule has 0 aliphatic carbocycles. The minimum Gasteiger partial charge on any atom is -0.251 e. The van der Waals surface area contributed by atoms with Gasteiger partial charge in [0.2, 0.25) is 0 Å². The van der Waals surface area contributed by atoms with Gasteiger partial charge >= 0.3 is 0 Å². The van der Waals surface area contributed by atoms with Gasteiger partial charge in [-0.15, -0.1) is 0 Å². The van der Waals surface area contributed by atoms with E-state index in [0.29, 0.717) is 11.8 Å². The van der Waals surface area contributed by atoms with Crippen molar-refractivity contribution in [2.75, 3.05) is 0 Å². The molecular formula is C14H20N. The average molecular weight is 202 g/mol. The van der Waals surface area contributed by atoms with Crippen LogP contribution < -0.4 is 0 Å². The van der Waals surface area contributed by atoms with Gasteiger partial charge in [0.15, 0.2) is 0 Å². The Morgan fingerprint density at radius 2 is 1.47 bits per heavy atom. The first-order valence-electron chi connectivity index (χ1n) is 5.58. The van der Waals surface area contributed by atoms with Crippen LogP contribution in [0.4, 0.5) is 5.69 Å². The quantitative estimate of drug-likeness (QED) is 0.638. The number of nitrogens with zero attached hydrogens (tertiary/aromatic N) is 1. The molecule has 0 unspecified atom stereocenters. The number of hydrogen-bond acceptors (Lipinski definition) is 1. The lowest BCUT2D eigenvalue weighted by molar-refractivity contribution is 0.835. The van der Waals surface area contributed by atoms with Gasteiger partial charge in [0.25, 0.3) is 0 Å². The molecule has 1 heteroatoms. The lowest BCUT2D eigenvalue weighted by atomic mass is 9.93. The Kier molecular flexibility index (Phi) is 4.07. The van der Waals surface area contributed by atoms with Crippen LogP contribution in [0, 0.1) is 0 Å². The normalized spacial score (nSPS) is 11.9. The van der Waals surface area contributed by atoms with Crippen LogP contribution in [0.25, 0.3) is 0 Å². The molecule has 0 fully saturated rings. The van der Waals surface area contributed by atoms with Crippen LogP contribution in [0.1, 0.15) is 57.6 Å². The largest absolute Gasteiger partial charge is 0.251 e. The van der Waals surface area contributed by atoms with Gasteiger partial charge < -0.3 is 0 Å². The van der Waals surface area contributed by atoms with Gasteiger partial charge in [-0.25, -0.2) is 0 Å². The monoisotopic (exact) mass is 202 g/mol. The van der Waals surface area contributed by atoms with Gasteiger partial charge in [-0.05, 0) is 29.9 Å². The van der Waals surface area contributed by atoms with Gasteiger partial charge in [-0.2, -0.15) is 0 Å². The van der Waals surface area contributed by atoms with E-state index >= 15 is 0 Å². The third kappa shape index (κ3) is 2.68. The maximum absolute atomic E-state index is 4.40. The third-order valence-electron chi connectivity index (χ3n) is 2.57. The maximum atomic E-state index is 4.40. The first-order valence-corrected chi connectivity index (χ1v) is 5.58. The summed E-state index contributed by atoms with van der Waals surface area (Å²) in [5, 5.41) is 0. The van der Waals surface area contributed by atoms with Crippen molar-refractivity contribution in [1.29, 1.82) is 0 Å². The highest BCUT2D eigenvalue weighted by Crippen LogP contribution is 2.34. The van der Waals surface area contributed by atoms with Crippen molar-refractivity contribution in [3.05, 3.63) is 29.3 Å². The molecule has 0 bridgehead atoms. The molecule has 1 aromatic rings. The molecule has 0 aliphatic heterocycles. The van der Waals surface area contributed by atoms with E-state index in [2.05, 4.69) is 57.1 Å². The van der Waals surface area contributed by atoms with Crippen molar-refractivity contribution in [3.8, 4) is 0 Å². The van der Waals surface area contributed by atoms with Gasteiger partial charge in [0.1, 0.15) is 0 Å². The van der Waals surface area contributed by atoms with Gasteiger partial charge in [0, 0.05) is 0 Å². The molecule has 81 valence electrons. The van der Waals surface area contributed by atoms with E-state index in [4.69, 9.17) is 0 Å². The average Bonchev–Trinajstić information content (AvgIpc) is 2.17. The summed E-state index contributed by atoms with van der Waals surface area (Å²) in [6.07, 6.45) is 2.90. The van der Waals surface area contributed by atoms with Crippen molar-refractivity contribution in [1.82, 2.24) is 0 Å². The lowest BCUT2D eigenvalue weighted by Gasteiger charge is -2.15. The molecule has 0 saturated carbocycles. The summed E-state index contributed by atoms with van der Waals surface area (Å²) >= 11 is 0. The standard InChI is InChI=1S/C14H20N/c1-6-15-14-12(10(2)3)8-7-9-13(14)11(4)5/h7-11H,1-5H3. The number of aliphatic imine (C=N–C) groups is 1. The second-order valence-corrected chi connectivity index (χ2v) is 4.43. The van der Waals surface area contributed by atoms with Crippen molar-refractivity contribution < 1.29 is 0 Å². The number of para-hydroxylation sites is 1. The van der Waals surface area contributed by atoms with E-state index in [1.807, 2.05) is 6.92 Å². The predicted molar refractivity (Wildman–Crippen MR) is 67.4 cm³/mol. The molecular weight excluding hydrogens is 182 g/mol. The molecule has 0 atom stereocenters. The van der Waals surface area contributed by atoms with E-state index in [1.54, 1.807) is 0 Å². The second-order valence-electron chi connectivity index (χ2n) is 4.43. The highest BCUT2D eigenvalue weighted by atomic mass is 14.7. The van der Waals surface area contributed by atoms with E-state index in [0.717, 1.165) is 5.69 Å². The molecule has 0 heterocycles. The number of benzene rings is 1. The van der Waals surface area contributed by atoms with Crippen LogP contribution in [0.2, 0.25) is 0 Å². The van der Waals surface area contributed by atoms with Gasteiger partial charge in [-0.3, -0.25) is 4.99 Å². The zero-order valence-corrected chi connectivity index (χ0v) is 10.3. The minimum atomic E-state index is 0.510. The predicted octanol–water partition coefficient (Wildman–Crippen LogP) is 4.53. The van der Waals surface area contributed by atoms with E-state index in [-0.39, 0.29) is 0 Å². The van der Waals surface area contributed by atoms with E-state index < -0.39 is 0 Å². The fraction of sp³-hybridized carbons (Fsp3) is 0.500. The van der Waals surface area contributed by atoms with Crippen LogP contribution in [-0.4, -0.2) is 6.21 Å². The molecule has 15 heavy (non-hydrogen) atoms. The summed E-state index contributed by atoms with van der Waals surface area (Å²) in [6.45, 7) is 10.7. The third-order valence-corrected chi connectivity index (χ3v) is 2.57. The van der Waals surface area contributed by atoms with Crippen LogP contribution in [0.5, 0.6) is 0 Å². The van der Waals surface area contributed by atoms with Crippen LogP contribution in [-0.2, 0) is 0 Å². The highest BCUT2D eigenvalue weighted by Gasteiger charge is 2.11. The van der Waals surface area contributed by atoms with Crippen LogP contribution in [0.15, 0.2) is 23.2 Å². The van der Waals surface area contributed by atoms with E-state index in [9.17, 15) is 0 Å². The Balaban J connectivity index is 3.34. The Hall–Kier alpha value is -1.11. The molecule has 1 nitrogen and oxygen atoms in total. The summed E-state index contributed by atoms with van der Waals surface area (Å²) in [5.41, 5.74) is 3.75. The SMILES string of the molecule is C/[C]=N\c1c(C(C)C)cccc1C(C)C. The fourth-order valence-corrected chi connectivity index (χ4v) is 1.75. The zero-order chi connectivity index (χ0) is 11.4. The smallest absolute Gasteiger partial charge is 0.0702 e. The topological polar surface area (TPSA) is 12.4 Å². The summed E-state index contributed by atoms with van der Waals surface area (Å²) in [7, 11) is 0. The first kappa shape index (κ1) is 12.0. The molecule has 0 N–H and O–H groups in total. The van der Waals surface area contributed by atoms with Crippen LogP contribution >= 0.6 is 0 Å². The van der Waals surface area contributed by atoms with Crippen molar-refractivity contribution in [2.24, 2.45) is 4.99 Å². The van der Waals surface area contributed by atoms with Gasteiger partial charge in [0.05, 0.1) is 11.9 Å². The second kappa shape index (κ2) is 5.11.